The molecule has 6 nitrogen and oxygen atoms in total. The summed E-state index contributed by atoms with van der Waals surface area (Å²) in [5.74, 6) is -1.14. The minimum Gasteiger partial charge on any atom is -0.480 e. The standard InChI is InChI=1S/C13H26N2O4/c1-6-9(3)10(11(16)17)15-12(18)14-8-13(4,5)19-7-2/h9-10H,6-8H2,1-5H3,(H,16,17)(H2,14,15,18)/t9-,10-/m0/s1. The summed E-state index contributed by atoms with van der Waals surface area (Å²) in [6.07, 6.45) is 0.682. The van der Waals surface area contributed by atoms with E-state index in [1.54, 1.807) is 6.92 Å². The molecule has 0 aromatic carbocycles. The summed E-state index contributed by atoms with van der Waals surface area (Å²) in [6.45, 7) is 10.2. The number of carboxylic acid groups (broad SMARTS) is 1. The molecule has 0 spiro atoms. The molecule has 0 unspecified atom stereocenters. The lowest BCUT2D eigenvalue weighted by Crippen LogP contribution is -2.51. The number of hydrogen-bond donors (Lipinski definition) is 3. The smallest absolute Gasteiger partial charge is 0.326 e. The molecule has 0 radical (unpaired) electrons. The van der Waals surface area contributed by atoms with Crippen LogP contribution < -0.4 is 10.6 Å². The molecular formula is C13H26N2O4. The second kappa shape index (κ2) is 7.99. The number of aliphatic carboxylic acids is 1. The van der Waals surface area contributed by atoms with Gasteiger partial charge >= 0.3 is 12.0 Å². The molecule has 0 bridgehead atoms. The lowest BCUT2D eigenvalue weighted by atomic mass is 9.99. The molecule has 3 N–H and O–H groups in total. The molecule has 0 aliphatic heterocycles. The molecule has 0 saturated carbocycles. The maximum Gasteiger partial charge on any atom is 0.326 e. The first-order valence-corrected chi connectivity index (χ1v) is 6.64. The minimum atomic E-state index is -1.02. The zero-order chi connectivity index (χ0) is 15.1. The van der Waals surface area contributed by atoms with Crippen LogP contribution in [0, 0.1) is 5.92 Å². The Morgan fingerprint density at radius 2 is 1.89 bits per heavy atom. The van der Waals surface area contributed by atoms with Gasteiger partial charge in [-0.25, -0.2) is 9.59 Å². The van der Waals surface area contributed by atoms with E-state index in [-0.39, 0.29) is 5.92 Å². The lowest BCUT2D eigenvalue weighted by molar-refractivity contribution is -0.140. The Labute approximate surface area is 114 Å². The van der Waals surface area contributed by atoms with Gasteiger partial charge in [0.2, 0.25) is 0 Å². The number of carbonyl (C=O) groups excluding carboxylic acids is 1. The van der Waals surface area contributed by atoms with Crippen LogP contribution in [0.4, 0.5) is 4.79 Å². The fraction of sp³-hybridized carbons (Fsp3) is 0.846. The molecular weight excluding hydrogens is 248 g/mol. The molecule has 2 atom stereocenters. The third-order valence-corrected chi connectivity index (χ3v) is 2.98. The second-order valence-corrected chi connectivity index (χ2v) is 5.22. The van der Waals surface area contributed by atoms with Gasteiger partial charge in [0.1, 0.15) is 6.04 Å². The highest BCUT2D eigenvalue weighted by Gasteiger charge is 2.26. The van der Waals surface area contributed by atoms with E-state index < -0.39 is 23.6 Å². The first-order valence-electron chi connectivity index (χ1n) is 6.64. The Bertz CT molecular complexity index is 305. The number of urea groups is 1. The number of nitrogens with one attached hydrogen (secondary N) is 2. The minimum absolute atomic E-state index is 0.122. The topological polar surface area (TPSA) is 87.7 Å². The highest BCUT2D eigenvalue weighted by molar-refractivity contribution is 5.82. The van der Waals surface area contributed by atoms with E-state index in [1.807, 2.05) is 27.7 Å². The molecule has 19 heavy (non-hydrogen) atoms. The van der Waals surface area contributed by atoms with Crippen LogP contribution >= 0.6 is 0 Å². The number of amides is 2. The van der Waals surface area contributed by atoms with Crippen LogP contribution in [0.25, 0.3) is 0 Å². The quantitative estimate of drug-likeness (QED) is 0.627. The van der Waals surface area contributed by atoms with Crippen LogP contribution in [-0.4, -0.2) is 41.9 Å². The predicted octanol–water partition coefficient (Wildman–Crippen LogP) is 1.60. The summed E-state index contributed by atoms with van der Waals surface area (Å²) in [5.41, 5.74) is -0.471. The van der Waals surface area contributed by atoms with E-state index in [0.717, 1.165) is 0 Å². The van der Waals surface area contributed by atoms with Gasteiger partial charge < -0.3 is 20.5 Å². The van der Waals surface area contributed by atoms with Crippen molar-refractivity contribution in [1.29, 1.82) is 0 Å². The first-order chi connectivity index (χ1) is 8.73. The lowest BCUT2D eigenvalue weighted by Gasteiger charge is -2.26. The second-order valence-electron chi connectivity index (χ2n) is 5.22. The van der Waals surface area contributed by atoms with Crippen LogP contribution in [0.5, 0.6) is 0 Å². The summed E-state index contributed by atoms with van der Waals surface area (Å²) in [5, 5.41) is 14.2. The molecule has 112 valence electrons. The van der Waals surface area contributed by atoms with Crippen molar-refractivity contribution in [2.45, 2.75) is 52.7 Å². The van der Waals surface area contributed by atoms with Crippen LogP contribution in [0.2, 0.25) is 0 Å². The molecule has 6 heteroatoms. The van der Waals surface area contributed by atoms with Crippen molar-refractivity contribution in [3.8, 4) is 0 Å². The number of carbonyl (C=O) groups is 2. The Kier molecular flexibility index (Phi) is 7.44. The average Bonchev–Trinajstić information content (AvgIpc) is 2.32. The Hall–Kier alpha value is -1.30. The fourth-order valence-corrected chi connectivity index (χ4v) is 1.61. The zero-order valence-corrected chi connectivity index (χ0v) is 12.4. The highest BCUT2D eigenvalue weighted by atomic mass is 16.5. The van der Waals surface area contributed by atoms with E-state index in [0.29, 0.717) is 19.6 Å². The summed E-state index contributed by atoms with van der Waals surface area (Å²) in [6, 6.07) is -1.36. The molecule has 0 aliphatic rings. The zero-order valence-electron chi connectivity index (χ0n) is 12.4. The third-order valence-electron chi connectivity index (χ3n) is 2.98. The summed E-state index contributed by atoms with van der Waals surface area (Å²) in [4.78, 5) is 22.8. The maximum atomic E-state index is 11.7. The van der Waals surface area contributed by atoms with E-state index in [4.69, 9.17) is 9.84 Å². The van der Waals surface area contributed by atoms with Gasteiger partial charge in [0, 0.05) is 13.2 Å². The van der Waals surface area contributed by atoms with Crippen molar-refractivity contribution in [3.05, 3.63) is 0 Å². The van der Waals surface area contributed by atoms with E-state index in [9.17, 15) is 9.59 Å². The van der Waals surface area contributed by atoms with Crippen molar-refractivity contribution < 1.29 is 19.4 Å². The first kappa shape index (κ1) is 17.7. The molecule has 0 saturated heterocycles. The average molecular weight is 274 g/mol. The Morgan fingerprint density at radius 3 is 2.32 bits per heavy atom. The van der Waals surface area contributed by atoms with Crippen molar-refractivity contribution in [2.75, 3.05) is 13.2 Å². The van der Waals surface area contributed by atoms with Gasteiger partial charge in [0.25, 0.3) is 0 Å². The molecule has 0 aromatic rings. The van der Waals surface area contributed by atoms with E-state index in [1.165, 1.54) is 0 Å². The maximum absolute atomic E-state index is 11.7. The van der Waals surface area contributed by atoms with Gasteiger partial charge in [-0.15, -0.1) is 0 Å². The molecule has 0 fully saturated rings. The van der Waals surface area contributed by atoms with Crippen LogP contribution in [0.3, 0.4) is 0 Å². The van der Waals surface area contributed by atoms with Crippen molar-refractivity contribution in [1.82, 2.24) is 10.6 Å². The van der Waals surface area contributed by atoms with Gasteiger partial charge in [-0.1, -0.05) is 20.3 Å². The van der Waals surface area contributed by atoms with Crippen molar-refractivity contribution in [3.63, 3.8) is 0 Å². The van der Waals surface area contributed by atoms with Crippen LogP contribution in [0.1, 0.15) is 41.0 Å². The number of ether oxygens (including phenoxy) is 1. The molecule has 0 heterocycles. The van der Waals surface area contributed by atoms with Gasteiger partial charge in [-0.05, 0) is 26.7 Å². The van der Waals surface area contributed by atoms with Crippen LogP contribution in [0.15, 0.2) is 0 Å². The molecule has 2 amide bonds. The van der Waals surface area contributed by atoms with Crippen LogP contribution in [-0.2, 0) is 9.53 Å². The van der Waals surface area contributed by atoms with Crippen molar-refractivity contribution >= 4 is 12.0 Å². The fourth-order valence-electron chi connectivity index (χ4n) is 1.61. The molecule has 0 rings (SSSR count). The van der Waals surface area contributed by atoms with Gasteiger partial charge in [-0.3, -0.25) is 0 Å². The number of carboxylic acids is 1. The summed E-state index contributed by atoms with van der Waals surface area (Å²) < 4.78 is 5.44. The largest absolute Gasteiger partial charge is 0.480 e. The summed E-state index contributed by atoms with van der Waals surface area (Å²) >= 11 is 0. The van der Waals surface area contributed by atoms with E-state index >= 15 is 0 Å². The highest BCUT2D eigenvalue weighted by Crippen LogP contribution is 2.09. The van der Waals surface area contributed by atoms with E-state index in [2.05, 4.69) is 10.6 Å². The molecule has 0 aromatic heterocycles. The Morgan fingerprint density at radius 1 is 1.32 bits per heavy atom. The normalized spacial score (nSPS) is 14.6. The number of hydrogen-bond acceptors (Lipinski definition) is 3. The Balaban J connectivity index is 4.32. The van der Waals surface area contributed by atoms with Crippen molar-refractivity contribution in [2.24, 2.45) is 5.92 Å². The van der Waals surface area contributed by atoms with Gasteiger partial charge in [0.05, 0.1) is 5.60 Å². The predicted molar refractivity (Wildman–Crippen MR) is 73.1 cm³/mol. The number of rotatable bonds is 8. The monoisotopic (exact) mass is 274 g/mol. The molecule has 0 aliphatic carbocycles. The third kappa shape index (κ3) is 7.00. The summed E-state index contributed by atoms with van der Waals surface area (Å²) in [7, 11) is 0. The SMILES string of the molecule is CCOC(C)(C)CNC(=O)N[C@H](C(=O)O)[C@@H](C)CC. The van der Waals surface area contributed by atoms with Gasteiger partial charge in [0.15, 0.2) is 0 Å². The van der Waals surface area contributed by atoms with Gasteiger partial charge in [-0.2, -0.15) is 0 Å².